The van der Waals surface area contributed by atoms with Crippen molar-refractivity contribution in [3.8, 4) is 0 Å². The molecule has 0 aliphatic carbocycles. The SMILES string of the molecule is CC(C)(C)OC(=O)N[C@H](CC(=O)OCc1ccccc1)C(=O)NCCO. The molecule has 0 fully saturated rings. The third kappa shape index (κ3) is 9.03. The topological polar surface area (TPSA) is 114 Å². The van der Waals surface area contributed by atoms with E-state index in [0.29, 0.717) is 0 Å². The standard InChI is InChI=1S/C18H26N2O6/c1-18(2,3)26-17(24)20-14(16(23)19-9-10-21)11-15(22)25-12-13-7-5-4-6-8-13/h4-8,14,21H,9-12H2,1-3H3,(H,19,23)(H,20,24)/t14-/m1/s1. The van der Waals surface area contributed by atoms with Crippen molar-refractivity contribution >= 4 is 18.0 Å². The molecule has 2 amide bonds. The van der Waals surface area contributed by atoms with E-state index in [-0.39, 0.29) is 26.2 Å². The lowest BCUT2D eigenvalue weighted by atomic mass is 10.2. The van der Waals surface area contributed by atoms with Gasteiger partial charge >= 0.3 is 12.1 Å². The van der Waals surface area contributed by atoms with Crippen LogP contribution in [0.4, 0.5) is 4.79 Å². The Balaban J connectivity index is 2.63. The Morgan fingerprint density at radius 2 is 1.81 bits per heavy atom. The molecule has 26 heavy (non-hydrogen) atoms. The number of nitrogens with one attached hydrogen (secondary N) is 2. The first-order chi connectivity index (χ1) is 12.2. The third-order valence-corrected chi connectivity index (χ3v) is 3.03. The molecule has 0 unspecified atom stereocenters. The highest BCUT2D eigenvalue weighted by Gasteiger charge is 2.27. The van der Waals surface area contributed by atoms with Crippen molar-refractivity contribution in [1.82, 2.24) is 10.6 Å². The molecular formula is C18H26N2O6. The number of esters is 1. The van der Waals surface area contributed by atoms with Crippen LogP contribution in [0.1, 0.15) is 32.8 Å². The van der Waals surface area contributed by atoms with Gasteiger partial charge in [-0.15, -0.1) is 0 Å². The van der Waals surface area contributed by atoms with Gasteiger partial charge in [-0.2, -0.15) is 0 Å². The van der Waals surface area contributed by atoms with Gasteiger partial charge in [0.1, 0.15) is 18.2 Å². The third-order valence-electron chi connectivity index (χ3n) is 3.03. The Kier molecular flexibility index (Phi) is 8.57. The summed E-state index contributed by atoms with van der Waals surface area (Å²) < 4.78 is 10.2. The maximum atomic E-state index is 12.1. The fourth-order valence-corrected chi connectivity index (χ4v) is 1.93. The van der Waals surface area contributed by atoms with Crippen LogP contribution in [0.25, 0.3) is 0 Å². The van der Waals surface area contributed by atoms with Gasteiger partial charge in [0.2, 0.25) is 5.91 Å². The van der Waals surface area contributed by atoms with Gasteiger partial charge in [0.25, 0.3) is 0 Å². The lowest BCUT2D eigenvalue weighted by Crippen LogP contribution is -2.49. The summed E-state index contributed by atoms with van der Waals surface area (Å²) in [5, 5.41) is 13.6. The first-order valence-electron chi connectivity index (χ1n) is 8.29. The zero-order valence-corrected chi connectivity index (χ0v) is 15.3. The summed E-state index contributed by atoms with van der Waals surface area (Å²) in [6.07, 6.45) is -1.18. The number of alkyl carbamates (subject to hydrolysis) is 1. The van der Waals surface area contributed by atoms with E-state index in [4.69, 9.17) is 14.6 Å². The van der Waals surface area contributed by atoms with Gasteiger partial charge < -0.3 is 25.2 Å². The van der Waals surface area contributed by atoms with Crippen molar-refractivity contribution < 1.29 is 29.0 Å². The van der Waals surface area contributed by atoms with Crippen molar-refractivity contribution in [3.63, 3.8) is 0 Å². The first-order valence-corrected chi connectivity index (χ1v) is 8.29. The molecule has 0 heterocycles. The number of rotatable bonds is 8. The number of hydrogen-bond donors (Lipinski definition) is 3. The molecule has 0 saturated heterocycles. The summed E-state index contributed by atoms with van der Waals surface area (Å²) >= 11 is 0. The van der Waals surface area contributed by atoms with Crippen LogP contribution in [0.15, 0.2) is 30.3 Å². The molecule has 8 heteroatoms. The second-order valence-electron chi connectivity index (χ2n) is 6.56. The van der Waals surface area contributed by atoms with Crippen LogP contribution in [-0.2, 0) is 25.7 Å². The number of amides is 2. The van der Waals surface area contributed by atoms with Crippen LogP contribution in [-0.4, -0.2) is 47.9 Å². The molecule has 3 N–H and O–H groups in total. The number of aliphatic hydroxyl groups excluding tert-OH is 1. The number of carbonyl (C=O) groups is 3. The Hall–Kier alpha value is -2.61. The van der Waals surface area contributed by atoms with Gasteiger partial charge in [-0.25, -0.2) is 4.79 Å². The van der Waals surface area contributed by atoms with E-state index in [0.717, 1.165) is 5.56 Å². The van der Waals surface area contributed by atoms with E-state index in [1.165, 1.54) is 0 Å². The summed E-state index contributed by atoms with van der Waals surface area (Å²) in [4.78, 5) is 36.0. The van der Waals surface area contributed by atoms with E-state index in [1.807, 2.05) is 18.2 Å². The van der Waals surface area contributed by atoms with Crippen LogP contribution < -0.4 is 10.6 Å². The summed E-state index contributed by atoms with van der Waals surface area (Å²) in [7, 11) is 0. The number of hydrogen-bond acceptors (Lipinski definition) is 6. The molecule has 0 saturated carbocycles. The Morgan fingerprint density at radius 3 is 2.38 bits per heavy atom. The monoisotopic (exact) mass is 366 g/mol. The zero-order valence-electron chi connectivity index (χ0n) is 15.3. The van der Waals surface area contributed by atoms with Crippen LogP contribution in [0.3, 0.4) is 0 Å². The van der Waals surface area contributed by atoms with Gasteiger partial charge in [-0.3, -0.25) is 9.59 Å². The fourth-order valence-electron chi connectivity index (χ4n) is 1.93. The second kappa shape index (κ2) is 10.4. The van der Waals surface area contributed by atoms with Gasteiger partial charge in [0.05, 0.1) is 13.0 Å². The van der Waals surface area contributed by atoms with Crippen molar-refractivity contribution in [3.05, 3.63) is 35.9 Å². The highest BCUT2D eigenvalue weighted by Crippen LogP contribution is 2.08. The summed E-state index contributed by atoms with van der Waals surface area (Å²) in [5.74, 6) is -1.25. The fraction of sp³-hybridized carbons (Fsp3) is 0.500. The Bertz CT molecular complexity index is 597. The molecule has 0 bridgehead atoms. The van der Waals surface area contributed by atoms with Crippen LogP contribution in [0.2, 0.25) is 0 Å². The number of aliphatic hydroxyl groups is 1. The van der Waals surface area contributed by atoms with Crippen molar-refractivity contribution in [1.29, 1.82) is 0 Å². The average molecular weight is 366 g/mol. The summed E-state index contributed by atoms with van der Waals surface area (Å²) in [5.41, 5.74) is 0.0616. The quantitative estimate of drug-likeness (QED) is 0.594. The van der Waals surface area contributed by atoms with E-state index in [1.54, 1.807) is 32.9 Å². The maximum absolute atomic E-state index is 12.1. The van der Waals surface area contributed by atoms with E-state index in [9.17, 15) is 14.4 Å². The Labute approximate surface area is 152 Å². The minimum atomic E-state index is -1.17. The van der Waals surface area contributed by atoms with Crippen molar-refractivity contribution in [2.75, 3.05) is 13.2 Å². The molecule has 0 radical (unpaired) electrons. The molecule has 0 aliphatic rings. The molecule has 1 rings (SSSR count). The molecule has 1 atom stereocenters. The van der Waals surface area contributed by atoms with Crippen molar-refractivity contribution in [2.24, 2.45) is 0 Å². The minimum absolute atomic E-state index is 0.00436. The number of carbonyl (C=O) groups excluding carboxylic acids is 3. The molecule has 0 spiro atoms. The summed E-state index contributed by atoms with van der Waals surface area (Å²) in [6, 6.07) is 7.92. The molecule has 1 aromatic rings. The first kappa shape index (κ1) is 21.4. The van der Waals surface area contributed by atoms with E-state index in [2.05, 4.69) is 10.6 Å². The van der Waals surface area contributed by atoms with Gasteiger partial charge in [0, 0.05) is 6.54 Å². The summed E-state index contributed by atoms with van der Waals surface area (Å²) in [6.45, 7) is 4.86. The molecule has 1 aromatic carbocycles. The van der Waals surface area contributed by atoms with Crippen molar-refractivity contribution in [2.45, 2.75) is 45.4 Å². The molecule has 144 valence electrons. The Morgan fingerprint density at radius 1 is 1.15 bits per heavy atom. The molecular weight excluding hydrogens is 340 g/mol. The van der Waals surface area contributed by atoms with Crippen LogP contribution in [0, 0.1) is 0 Å². The average Bonchev–Trinajstić information content (AvgIpc) is 2.56. The molecule has 8 nitrogen and oxygen atoms in total. The van der Waals surface area contributed by atoms with Gasteiger partial charge in [-0.1, -0.05) is 30.3 Å². The highest BCUT2D eigenvalue weighted by atomic mass is 16.6. The predicted molar refractivity (Wildman–Crippen MR) is 94.1 cm³/mol. The molecule has 0 aliphatic heterocycles. The largest absolute Gasteiger partial charge is 0.461 e. The smallest absolute Gasteiger partial charge is 0.408 e. The lowest BCUT2D eigenvalue weighted by molar-refractivity contribution is -0.147. The number of benzene rings is 1. The van der Waals surface area contributed by atoms with E-state index < -0.39 is 29.6 Å². The predicted octanol–water partition coefficient (Wildman–Crippen LogP) is 1.12. The zero-order chi connectivity index (χ0) is 19.6. The second-order valence-corrected chi connectivity index (χ2v) is 6.56. The van der Waals surface area contributed by atoms with E-state index >= 15 is 0 Å². The lowest BCUT2D eigenvalue weighted by Gasteiger charge is -2.23. The maximum Gasteiger partial charge on any atom is 0.408 e. The van der Waals surface area contributed by atoms with Gasteiger partial charge in [0.15, 0.2) is 0 Å². The highest BCUT2D eigenvalue weighted by molar-refractivity contribution is 5.89. The molecule has 0 aromatic heterocycles. The van der Waals surface area contributed by atoms with Crippen LogP contribution >= 0.6 is 0 Å². The van der Waals surface area contributed by atoms with Gasteiger partial charge in [-0.05, 0) is 26.3 Å². The minimum Gasteiger partial charge on any atom is -0.461 e. The van der Waals surface area contributed by atoms with Crippen LogP contribution in [0.5, 0.6) is 0 Å². The number of ether oxygens (including phenoxy) is 2. The normalized spacial score (nSPS) is 12.0.